The summed E-state index contributed by atoms with van der Waals surface area (Å²) in [5, 5.41) is 0. The van der Waals surface area contributed by atoms with Gasteiger partial charge in [0.2, 0.25) is 0 Å². The summed E-state index contributed by atoms with van der Waals surface area (Å²) in [7, 11) is 0. The molecular formula is C14H25NO. The van der Waals surface area contributed by atoms with Crippen molar-refractivity contribution in [1.29, 1.82) is 0 Å². The summed E-state index contributed by atoms with van der Waals surface area (Å²) in [4.78, 5) is 2.46. The molecule has 0 N–H and O–H groups in total. The average molecular weight is 223 g/mol. The highest BCUT2D eigenvalue weighted by atomic mass is 16.5. The van der Waals surface area contributed by atoms with Crippen molar-refractivity contribution >= 4 is 0 Å². The molecule has 0 radical (unpaired) electrons. The van der Waals surface area contributed by atoms with Crippen molar-refractivity contribution in [2.24, 2.45) is 5.92 Å². The Morgan fingerprint density at radius 1 is 1.31 bits per heavy atom. The molecule has 0 amide bonds. The first kappa shape index (κ1) is 13.5. The van der Waals surface area contributed by atoms with Crippen LogP contribution in [0.1, 0.15) is 27.7 Å². The number of rotatable bonds is 4. The van der Waals surface area contributed by atoms with Crippen molar-refractivity contribution in [2.75, 3.05) is 32.8 Å². The van der Waals surface area contributed by atoms with E-state index < -0.39 is 0 Å². The zero-order chi connectivity index (χ0) is 12.0. The normalized spacial score (nSPS) is 20.6. The SMILES string of the molecule is C/C=C(\C=C(\C)C(C)C)CN1CCOCC1. The van der Waals surface area contributed by atoms with Gasteiger partial charge in [0.15, 0.2) is 0 Å². The van der Waals surface area contributed by atoms with Gasteiger partial charge < -0.3 is 4.74 Å². The summed E-state index contributed by atoms with van der Waals surface area (Å²) in [5.41, 5.74) is 2.88. The lowest BCUT2D eigenvalue weighted by Crippen LogP contribution is -2.37. The largest absolute Gasteiger partial charge is 0.379 e. The molecule has 1 fully saturated rings. The summed E-state index contributed by atoms with van der Waals surface area (Å²) >= 11 is 0. The molecule has 1 heterocycles. The van der Waals surface area contributed by atoms with Crippen molar-refractivity contribution in [3.63, 3.8) is 0 Å². The maximum Gasteiger partial charge on any atom is 0.0594 e. The van der Waals surface area contributed by atoms with E-state index in [2.05, 4.69) is 44.7 Å². The van der Waals surface area contributed by atoms with Crippen LogP contribution in [0.15, 0.2) is 23.3 Å². The highest BCUT2D eigenvalue weighted by Crippen LogP contribution is 2.13. The van der Waals surface area contributed by atoms with E-state index in [1.165, 1.54) is 11.1 Å². The van der Waals surface area contributed by atoms with Gasteiger partial charge in [-0.25, -0.2) is 0 Å². The molecule has 1 aliphatic heterocycles. The fraction of sp³-hybridized carbons (Fsp3) is 0.714. The van der Waals surface area contributed by atoms with Gasteiger partial charge in [-0.15, -0.1) is 0 Å². The summed E-state index contributed by atoms with van der Waals surface area (Å²) in [6, 6.07) is 0. The number of allylic oxidation sites excluding steroid dienone is 2. The molecule has 0 aromatic rings. The molecule has 0 aromatic heterocycles. The van der Waals surface area contributed by atoms with Crippen LogP contribution in [0.3, 0.4) is 0 Å². The molecule has 0 unspecified atom stereocenters. The maximum atomic E-state index is 5.36. The minimum atomic E-state index is 0.639. The second kappa shape index (κ2) is 6.87. The van der Waals surface area contributed by atoms with Crippen LogP contribution in [0, 0.1) is 5.92 Å². The molecular weight excluding hydrogens is 198 g/mol. The Kier molecular flexibility index (Phi) is 5.78. The summed E-state index contributed by atoms with van der Waals surface area (Å²) in [6.07, 6.45) is 4.56. The predicted octanol–water partition coefficient (Wildman–Crippen LogP) is 2.87. The first-order valence-electron chi connectivity index (χ1n) is 6.27. The summed E-state index contributed by atoms with van der Waals surface area (Å²) < 4.78 is 5.36. The number of nitrogens with zero attached hydrogens (tertiary/aromatic N) is 1. The number of ether oxygens (including phenoxy) is 1. The Labute approximate surface area is 100.0 Å². The molecule has 0 spiro atoms. The maximum absolute atomic E-state index is 5.36. The van der Waals surface area contributed by atoms with Crippen LogP contribution < -0.4 is 0 Å². The lowest BCUT2D eigenvalue weighted by Gasteiger charge is -2.27. The fourth-order valence-corrected chi connectivity index (χ4v) is 1.70. The van der Waals surface area contributed by atoms with Gasteiger partial charge in [0.05, 0.1) is 13.2 Å². The van der Waals surface area contributed by atoms with Crippen LogP contribution in [0.4, 0.5) is 0 Å². The fourth-order valence-electron chi connectivity index (χ4n) is 1.70. The molecule has 0 aliphatic carbocycles. The van der Waals surface area contributed by atoms with E-state index in [9.17, 15) is 0 Å². The van der Waals surface area contributed by atoms with Crippen molar-refractivity contribution in [1.82, 2.24) is 4.90 Å². The Morgan fingerprint density at radius 3 is 2.44 bits per heavy atom. The Bertz CT molecular complexity index is 260. The second-order valence-electron chi connectivity index (χ2n) is 4.80. The van der Waals surface area contributed by atoms with Crippen LogP contribution in [0.5, 0.6) is 0 Å². The van der Waals surface area contributed by atoms with E-state index in [1.54, 1.807) is 0 Å². The van der Waals surface area contributed by atoms with Gasteiger partial charge in [0, 0.05) is 19.6 Å². The lowest BCUT2D eigenvalue weighted by atomic mass is 10.0. The molecule has 16 heavy (non-hydrogen) atoms. The molecule has 0 atom stereocenters. The van der Waals surface area contributed by atoms with E-state index in [-0.39, 0.29) is 0 Å². The minimum absolute atomic E-state index is 0.639. The van der Waals surface area contributed by atoms with Gasteiger partial charge in [-0.2, -0.15) is 0 Å². The quantitative estimate of drug-likeness (QED) is 0.680. The average Bonchev–Trinajstić information content (AvgIpc) is 2.29. The van der Waals surface area contributed by atoms with Crippen molar-refractivity contribution in [3.8, 4) is 0 Å². The van der Waals surface area contributed by atoms with Crippen LogP contribution in [-0.4, -0.2) is 37.7 Å². The molecule has 2 nitrogen and oxygen atoms in total. The Hall–Kier alpha value is -0.600. The van der Waals surface area contributed by atoms with E-state index in [4.69, 9.17) is 4.74 Å². The van der Waals surface area contributed by atoms with Gasteiger partial charge in [-0.1, -0.05) is 31.6 Å². The number of morpholine rings is 1. The summed E-state index contributed by atoms with van der Waals surface area (Å²) in [5.74, 6) is 0.639. The number of hydrogen-bond acceptors (Lipinski definition) is 2. The Balaban J connectivity index is 2.52. The van der Waals surface area contributed by atoms with Crippen molar-refractivity contribution in [3.05, 3.63) is 23.3 Å². The molecule has 0 bridgehead atoms. The topological polar surface area (TPSA) is 12.5 Å². The van der Waals surface area contributed by atoms with Crippen molar-refractivity contribution in [2.45, 2.75) is 27.7 Å². The third kappa shape index (κ3) is 4.50. The first-order valence-corrected chi connectivity index (χ1v) is 6.27. The minimum Gasteiger partial charge on any atom is -0.379 e. The lowest BCUT2D eigenvalue weighted by molar-refractivity contribution is 0.0426. The highest BCUT2D eigenvalue weighted by molar-refractivity contribution is 5.24. The van der Waals surface area contributed by atoms with Gasteiger partial charge in [0.25, 0.3) is 0 Å². The second-order valence-corrected chi connectivity index (χ2v) is 4.80. The first-order chi connectivity index (χ1) is 7.63. The highest BCUT2D eigenvalue weighted by Gasteiger charge is 2.11. The van der Waals surface area contributed by atoms with Crippen LogP contribution in [0.25, 0.3) is 0 Å². The van der Waals surface area contributed by atoms with Gasteiger partial charge >= 0.3 is 0 Å². The third-order valence-corrected chi connectivity index (χ3v) is 3.20. The zero-order valence-corrected chi connectivity index (χ0v) is 11.1. The van der Waals surface area contributed by atoms with Gasteiger partial charge in [0.1, 0.15) is 0 Å². The molecule has 1 rings (SSSR count). The van der Waals surface area contributed by atoms with Crippen LogP contribution >= 0.6 is 0 Å². The van der Waals surface area contributed by atoms with Crippen LogP contribution in [0.2, 0.25) is 0 Å². The van der Waals surface area contributed by atoms with Crippen molar-refractivity contribution < 1.29 is 4.74 Å². The zero-order valence-electron chi connectivity index (χ0n) is 11.1. The molecule has 1 aliphatic rings. The predicted molar refractivity (Wildman–Crippen MR) is 69.6 cm³/mol. The van der Waals surface area contributed by atoms with E-state index in [0.717, 1.165) is 32.8 Å². The van der Waals surface area contributed by atoms with Gasteiger partial charge in [-0.05, 0) is 25.3 Å². The third-order valence-electron chi connectivity index (χ3n) is 3.20. The van der Waals surface area contributed by atoms with Gasteiger partial charge in [-0.3, -0.25) is 4.90 Å². The Morgan fingerprint density at radius 2 is 1.94 bits per heavy atom. The molecule has 92 valence electrons. The molecule has 2 heteroatoms. The van der Waals surface area contributed by atoms with E-state index in [1.807, 2.05) is 0 Å². The molecule has 0 aromatic carbocycles. The monoisotopic (exact) mass is 223 g/mol. The van der Waals surface area contributed by atoms with E-state index in [0.29, 0.717) is 5.92 Å². The number of hydrogen-bond donors (Lipinski definition) is 0. The molecule has 0 saturated carbocycles. The standard InChI is InChI=1S/C14H25NO/c1-5-14(10-13(4)12(2)3)11-15-6-8-16-9-7-15/h5,10,12H,6-9,11H2,1-4H3/b13-10-,14-5+. The van der Waals surface area contributed by atoms with Crippen LogP contribution in [-0.2, 0) is 4.74 Å². The van der Waals surface area contributed by atoms with E-state index >= 15 is 0 Å². The smallest absolute Gasteiger partial charge is 0.0594 e. The summed E-state index contributed by atoms with van der Waals surface area (Å²) in [6.45, 7) is 13.8. The molecule has 1 saturated heterocycles.